The van der Waals surface area contributed by atoms with E-state index in [0.717, 1.165) is 12.8 Å². The Balaban J connectivity index is 2.55. The fraction of sp³-hybridized carbons (Fsp3) is 0.417. The van der Waals surface area contributed by atoms with Crippen LogP contribution >= 0.6 is 27.5 Å². The second-order valence-corrected chi connectivity index (χ2v) is 5.43. The summed E-state index contributed by atoms with van der Waals surface area (Å²) in [7, 11) is 0. The van der Waals surface area contributed by atoms with Crippen LogP contribution in [0.25, 0.3) is 0 Å². The third-order valence-corrected chi connectivity index (χ3v) is 3.34. The molecular formula is C12H14BrClFNO. The molecule has 0 spiro atoms. The van der Waals surface area contributed by atoms with Crippen LogP contribution in [0.1, 0.15) is 30.1 Å². The average Bonchev–Trinajstić information content (AvgIpc) is 2.30. The normalized spacial score (nSPS) is 12.2. The molecule has 0 heterocycles. The molecule has 17 heavy (non-hydrogen) atoms. The molecule has 1 unspecified atom stereocenters. The van der Waals surface area contributed by atoms with E-state index in [1.807, 2.05) is 0 Å². The number of benzene rings is 1. The van der Waals surface area contributed by atoms with Gasteiger partial charge in [-0.1, -0.05) is 40.9 Å². The van der Waals surface area contributed by atoms with E-state index in [1.54, 1.807) is 0 Å². The number of rotatable bonds is 5. The van der Waals surface area contributed by atoms with Gasteiger partial charge in [0.25, 0.3) is 5.91 Å². The lowest BCUT2D eigenvalue weighted by atomic mass is 10.2. The molecule has 0 fully saturated rings. The van der Waals surface area contributed by atoms with Crippen molar-refractivity contribution in [2.45, 2.75) is 24.6 Å². The maximum atomic E-state index is 12.9. The van der Waals surface area contributed by atoms with Gasteiger partial charge in [-0.05, 0) is 24.6 Å². The first-order chi connectivity index (χ1) is 8.04. The van der Waals surface area contributed by atoms with Crippen LogP contribution in [0, 0.1) is 5.82 Å². The largest absolute Gasteiger partial charge is 0.351 e. The van der Waals surface area contributed by atoms with Gasteiger partial charge in [-0.2, -0.15) is 0 Å². The summed E-state index contributed by atoms with van der Waals surface area (Å²) in [6.45, 7) is 2.62. The average molecular weight is 323 g/mol. The van der Waals surface area contributed by atoms with E-state index in [2.05, 4.69) is 28.2 Å². The zero-order chi connectivity index (χ0) is 12.8. The topological polar surface area (TPSA) is 29.1 Å². The quantitative estimate of drug-likeness (QED) is 0.821. The molecule has 1 aromatic rings. The number of hydrogen-bond acceptors (Lipinski definition) is 1. The fourth-order valence-corrected chi connectivity index (χ4v) is 2.16. The standard InChI is InChI=1S/C12H14BrClFNO/c1-2-3-9(13)7-16-12(17)8-4-5-11(15)10(14)6-8/h4-6,9H,2-3,7H2,1H3,(H,16,17). The van der Waals surface area contributed by atoms with Crippen LogP contribution in [0.2, 0.25) is 5.02 Å². The summed E-state index contributed by atoms with van der Waals surface area (Å²) >= 11 is 9.07. The first-order valence-electron chi connectivity index (χ1n) is 5.42. The number of nitrogens with one attached hydrogen (secondary N) is 1. The summed E-state index contributed by atoms with van der Waals surface area (Å²) in [6.07, 6.45) is 2.04. The van der Waals surface area contributed by atoms with Crippen LogP contribution in [0.15, 0.2) is 18.2 Å². The Morgan fingerprint density at radius 1 is 1.59 bits per heavy atom. The smallest absolute Gasteiger partial charge is 0.251 e. The summed E-state index contributed by atoms with van der Waals surface area (Å²) in [5.74, 6) is -0.764. The Labute approximate surface area is 114 Å². The second-order valence-electron chi connectivity index (χ2n) is 3.72. The Hall–Kier alpha value is -0.610. The van der Waals surface area contributed by atoms with Crippen LogP contribution in [0.5, 0.6) is 0 Å². The van der Waals surface area contributed by atoms with Crippen molar-refractivity contribution >= 4 is 33.4 Å². The van der Waals surface area contributed by atoms with Gasteiger partial charge in [0.2, 0.25) is 0 Å². The van der Waals surface area contributed by atoms with Gasteiger partial charge in [0, 0.05) is 16.9 Å². The van der Waals surface area contributed by atoms with Crippen molar-refractivity contribution in [1.82, 2.24) is 5.32 Å². The maximum Gasteiger partial charge on any atom is 0.251 e. The molecule has 1 amide bonds. The molecule has 0 aliphatic carbocycles. The van der Waals surface area contributed by atoms with E-state index >= 15 is 0 Å². The van der Waals surface area contributed by atoms with Gasteiger partial charge in [0.15, 0.2) is 0 Å². The van der Waals surface area contributed by atoms with Gasteiger partial charge < -0.3 is 5.32 Å². The van der Waals surface area contributed by atoms with Crippen molar-refractivity contribution in [3.8, 4) is 0 Å². The molecular weight excluding hydrogens is 308 g/mol. The Morgan fingerprint density at radius 3 is 2.88 bits per heavy atom. The Morgan fingerprint density at radius 2 is 2.29 bits per heavy atom. The molecule has 0 radical (unpaired) electrons. The zero-order valence-electron chi connectivity index (χ0n) is 9.47. The van der Waals surface area contributed by atoms with Crippen molar-refractivity contribution < 1.29 is 9.18 Å². The third-order valence-electron chi connectivity index (χ3n) is 2.27. The summed E-state index contributed by atoms with van der Waals surface area (Å²) in [5, 5.41) is 2.72. The van der Waals surface area contributed by atoms with Crippen molar-refractivity contribution in [2.75, 3.05) is 6.54 Å². The molecule has 1 atom stereocenters. The maximum absolute atomic E-state index is 12.9. The number of hydrogen-bond donors (Lipinski definition) is 1. The van der Waals surface area contributed by atoms with E-state index in [0.29, 0.717) is 12.1 Å². The molecule has 0 saturated carbocycles. The molecule has 0 bridgehead atoms. The molecule has 5 heteroatoms. The van der Waals surface area contributed by atoms with Gasteiger partial charge >= 0.3 is 0 Å². The molecule has 1 aromatic carbocycles. The monoisotopic (exact) mass is 321 g/mol. The molecule has 2 nitrogen and oxygen atoms in total. The highest BCUT2D eigenvalue weighted by Crippen LogP contribution is 2.16. The van der Waals surface area contributed by atoms with E-state index in [-0.39, 0.29) is 15.8 Å². The lowest BCUT2D eigenvalue weighted by molar-refractivity contribution is 0.0953. The van der Waals surface area contributed by atoms with Gasteiger partial charge in [-0.3, -0.25) is 4.79 Å². The minimum atomic E-state index is -0.521. The van der Waals surface area contributed by atoms with E-state index in [1.165, 1.54) is 18.2 Å². The van der Waals surface area contributed by atoms with Crippen molar-refractivity contribution in [3.63, 3.8) is 0 Å². The first-order valence-corrected chi connectivity index (χ1v) is 6.71. The number of halogens is 3. The molecule has 94 valence electrons. The van der Waals surface area contributed by atoms with Crippen molar-refractivity contribution in [3.05, 3.63) is 34.6 Å². The summed E-state index contributed by atoms with van der Waals surface area (Å²) in [6, 6.07) is 3.93. The molecule has 1 N–H and O–H groups in total. The fourth-order valence-electron chi connectivity index (χ4n) is 1.36. The number of carbonyl (C=O) groups is 1. The Bertz CT molecular complexity index is 400. The van der Waals surface area contributed by atoms with Crippen molar-refractivity contribution in [2.24, 2.45) is 0 Å². The summed E-state index contributed by atoms with van der Waals surface area (Å²) in [4.78, 5) is 12.0. The highest BCUT2D eigenvalue weighted by atomic mass is 79.9. The minimum Gasteiger partial charge on any atom is -0.351 e. The SMILES string of the molecule is CCCC(Br)CNC(=O)c1ccc(F)c(Cl)c1. The first kappa shape index (κ1) is 14.5. The van der Waals surface area contributed by atoms with Gasteiger partial charge in [0.05, 0.1) is 5.02 Å². The van der Waals surface area contributed by atoms with Crippen LogP contribution in [-0.2, 0) is 0 Å². The van der Waals surface area contributed by atoms with Crippen LogP contribution in [0.3, 0.4) is 0 Å². The van der Waals surface area contributed by atoms with E-state index < -0.39 is 5.82 Å². The van der Waals surface area contributed by atoms with Gasteiger partial charge in [0.1, 0.15) is 5.82 Å². The highest BCUT2D eigenvalue weighted by molar-refractivity contribution is 9.09. The molecule has 0 aromatic heterocycles. The summed E-state index contributed by atoms with van der Waals surface area (Å²) in [5.41, 5.74) is 0.368. The van der Waals surface area contributed by atoms with E-state index in [9.17, 15) is 9.18 Å². The van der Waals surface area contributed by atoms with E-state index in [4.69, 9.17) is 11.6 Å². The molecule has 1 rings (SSSR count). The third kappa shape index (κ3) is 4.64. The molecule has 0 aliphatic rings. The summed E-state index contributed by atoms with van der Waals surface area (Å²) < 4.78 is 12.9. The van der Waals surface area contributed by atoms with Crippen LogP contribution < -0.4 is 5.32 Å². The lowest BCUT2D eigenvalue weighted by Gasteiger charge is -2.10. The van der Waals surface area contributed by atoms with Gasteiger partial charge in [-0.15, -0.1) is 0 Å². The number of alkyl halides is 1. The lowest BCUT2D eigenvalue weighted by Crippen LogP contribution is -2.29. The van der Waals surface area contributed by atoms with Gasteiger partial charge in [-0.25, -0.2) is 4.39 Å². The second kappa shape index (κ2) is 6.97. The number of carbonyl (C=O) groups excluding carboxylic acids is 1. The Kier molecular flexibility index (Phi) is 5.92. The predicted molar refractivity (Wildman–Crippen MR) is 71.4 cm³/mol. The predicted octanol–water partition coefficient (Wildman–Crippen LogP) is 3.77. The van der Waals surface area contributed by atoms with Crippen LogP contribution in [0.4, 0.5) is 4.39 Å². The van der Waals surface area contributed by atoms with Crippen LogP contribution in [-0.4, -0.2) is 17.3 Å². The number of amides is 1. The molecule has 0 aliphatic heterocycles. The highest BCUT2D eigenvalue weighted by Gasteiger charge is 2.10. The van der Waals surface area contributed by atoms with Crippen molar-refractivity contribution in [1.29, 1.82) is 0 Å². The molecule has 0 saturated heterocycles. The minimum absolute atomic E-state index is 0.0402. The zero-order valence-corrected chi connectivity index (χ0v) is 11.8.